The molecule has 0 atom stereocenters. The standard InChI is InChI=1S/C17H16ClN5O2/c18-13-2-3-15(16(9-13)23(24)25)21-14-5-7-22(8-6-14)17-4-1-12(10-19)11-20-17/h1-4,9,11,14,21H,5-8H2. The second kappa shape index (κ2) is 7.36. The minimum absolute atomic E-state index is 0.0105. The van der Waals surface area contributed by atoms with Crippen molar-refractivity contribution in [3.63, 3.8) is 0 Å². The molecule has 1 aromatic carbocycles. The summed E-state index contributed by atoms with van der Waals surface area (Å²) in [4.78, 5) is 17.2. The SMILES string of the molecule is N#Cc1ccc(N2CCC(Nc3ccc(Cl)cc3[N+](=O)[O-])CC2)nc1. The van der Waals surface area contributed by atoms with Crippen LogP contribution in [0.1, 0.15) is 18.4 Å². The maximum atomic E-state index is 11.2. The molecule has 0 spiro atoms. The Hall–Kier alpha value is -2.85. The zero-order chi connectivity index (χ0) is 17.8. The van der Waals surface area contributed by atoms with Gasteiger partial charge < -0.3 is 10.2 Å². The van der Waals surface area contributed by atoms with E-state index in [1.54, 1.807) is 24.4 Å². The maximum Gasteiger partial charge on any atom is 0.293 e. The van der Waals surface area contributed by atoms with E-state index in [0.29, 0.717) is 16.3 Å². The summed E-state index contributed by atoms with van der Waals surface area (Å²) in [6.07, 6.45) is 3.24. The second-order valence-corrected chi connectivity index (χ2v) is 6.28. The van der Waals surface area contributed by atoms with Crippen LogP contribution in [0.3, 0.4) is 0 Å². The molecule has 7 nitrogen and oxygen atoms in total. The van der Waals surface area contributed by atoms with E-state index in [-0.39, 0.29) is 11.7 Å². The van der Waals surface area contributed by atoms with Crippen molar-refractivity contribution in [1.29, 1.82) is 5.26 Å². The first kappa shape index (κ1) is 17.0. The van der Waals surface area contributed by atoms with Crippen molar-refractivity contribution < 1.29 is 4.92 Å². The number of pyridine rings is 1. The molecule has 1 aliphatic heterocycles. The first-order chi connectivity index (χ1) is 12.1. The minimum Gasteiger partial charge on any atom is -0.377 e. The van der Waals surface area contributed by atoms with Crippen LogP contribution in [0.4, 0.5) is 17.2 Å². The molecule has 1 fully saturated rings. The summed E-state index contributed by atoms with van der Waals surface area (Å²) >= 11 is 5.85. The van der Waals surface area contributed by atoms with Crippen LogP contribution < -0.4 is 10.2 Å². The van der Waals surface area contributed by atoms with Crippen molar-refractivity contribution in [3.05, 3.63) is 57.2 Å². The second-order valence-electron chi connectivity index (χ2n) is 5.84. The lowest BCUT2D eigenvalue weighted by molar-refractivity contribution is -0.384. The molecule has 0 aliphatic carbocycles. The Morgan fingerprint density at radius 3 is 2.68 bits per heavy atom. The third-order valence-corrected chi connectivity index (χ3v) is 4.45. The molecule has 8 heteroatoms. The van der Waals surface area contributed by atoms with E-state index in [2.05, 4.69) is 21.3 Å². The fourth-order valence-corrected chi connectivity index (χ4v) is 3.06. The smallest absolute Gasteiger partial charge is 0.293 e. The van der Waals surface area contributed by atoms with E-state index in [9.17, 15) is 10.1 Å². The largest absolute Gasteiger partial charge is 0.377 e. The number of piperidine rings is 1. The number of aromatic nitrogens is 1. The number of anilines is 2. The molecule has 3 rings (SSSR count). The maximum absolute atomic E-state index is 11.2. The zero-order valence-electron chi connectivity index (χ0n) is 13.4. The molecular formula is C17H16ClN5O2. The summed E-state index contributed by atoms with van der Waals surface area (Å²) in [6, 6.07) is 10.5. The Labute approximate surface area is 150 Å². The van der Waals surface area contributed by atoms with E-state index in [1.807, 2.05) is 6.07 Å². The van der Waals surface area contributed by atoms with Crippen LogP contribution in [0, 0.1) is 21.4 Å². The van der Waals surface area contributed by atoms with Gasteiger partial charge in [0.2, 0.25) is 0 Å². The molecule has 2 aromatic rings. The van der Waals surface area contributed by atoms with Gasteiger partial charge in [-0.2, -0.15) is 5.26 Å². The lowest BCUT2D eigenvalue weighted by Gasteiger charge is -2.33. The molecule has 0 unspecified atom stereocenters. The number of nitro benzene ring substituents is 1. The van der Waals surface area contributed by atoms with E-state index >= 15 is 0 Å². The topological polar surface area (TPSA) is 95.1 Å². The lowest BCUT2D eigenvalue weighted by Crippen LogP contribution is -2.39. The van der Waals surface area contributed by atoms with Gasteiger partial charge in [0.1, 0.15) is 17.6 Å². The number of nitro groups is 1. The molecule has 0 saturated carbocycles. The average molecular weight is 358 g/mol. The number of hydrogen-bond donors (Lipinski definition) is 1. The first-order valence-corrected chi connectivity index (χ1v) is 8.26. The molecule has 1 N–H and O–H groups in total. The number of halogens is 1. The Balaban J connectivity index is 1.63. The van der Waals surface area contributed by atoms with Crippen LogP contribution >= 0.6 is 11.6 Å². The van der Waals surface area contributed by atoms with Crippen LogP contribution in [0.2, 0.25) is 5.02 Å². The van der Waals surface area contributed by atoms with Crippen LogP contribution in [-0.4, -0.2) is 29.0 Å². The van der Waals surface area contributed by atoms with Gasteiger partial charge in [-0.3, -0.25) is 10.1 Å². The Morgan fingerprint density at radius 1 is 1.32 bits per heavy atom. The average Bonchev–Trinajstić information content (AvgIpc) is 2.64. The van der Waals surface area contributed by atoms with E-state index < -0.39 is 4.92 Å². The normalized spacial score (nSPS) is 14.8. The molecule has 1 aliphatic rings. The third kappa shape index (κ3) is 3.98. The number of nitrogens with zero attached hydrogens (tertiary/aromatic N) is 4. The molecule has 0 bridgehead atoms. The molecule has 25 heavy (non-hydrogen) atoms. The summed E-state index contributed by atoms with van der Waals surface area (Å²) in [5, 5.41) is 23.6. The predicted molar refractivity (Wildman–Crippen MR) is 95.9 cm³/mol. The number of nitrogens with one attached hydrogen (secondary N) is 1. The molecule has 1 aromatic heterocycles. The summed E-state index contributed by atoms with van der Waals surface area (Å²) in [6.45, 7) is 1.58. The van der Waals surface area contributed by atoms with Crippen LogP contribution in [-0.2, 0) is 0 Å². The van der Waals surface area contributed by atoms with Gasteiger partial charge in [0.15, 0.2) is 0 Å². The van der Waals surface area contributed by atoms with E-state index in [0.717, 1.165) is 31.7 Å². The molecular weight excluding hydrogens is 342 g/mol. The molecule has 0 amide bonds. The van der Waals surface area contributed by atoms with Crippen LogP contribution in [0.25, 0.3) is 0 Å². The highest BCUT2D eigenvalue weighted by Gasteiger charge is 2.23. The van der Waals surface area contributed by atoms with Gasteiger partial charge in [0.25, 0.3) is 5.69 Å². The number of rotatable bonds is 4. The van der Waals surface area contributed by atoms with Crippen LogP contribution in [0.5, 0.6) is 0 Å². The van der Waals surface area contributed by atoms with Gasteiger partial charge in [-0.15, -0.1) is 0 Å². The van der Waals surface area contributed by atoms with Gasteiger partial charge in [-0.25, -0.2) is 4.98 Å². The fraction of sp³-hybridized carbons (Fsp3) is 0.294. The minimum atomic E-state index is -0.427. The van der Waals surface area contributed by atoms with Gasteiger partial charge in [0.05, 0.1) is 10.5 Å². The summed E-state index contributed by atoms with van der Waals surface area (Å²) < 4.78 is 0. The summed E-state index contributed by atoms with van der Waals surface area (Å²) in [5.41, 5.74) is 1.02. The van der Waals surface area contributed by atoms with Crippen molar-refractivity contribution in [1.82, 2.24) is 4.98 Å². The van der Waals surface area contributed by atoms with Crippen molar-refractivity contribution in [2.24, 2.45) is 0 Å². The fourth-order valence-electron chi connectivity index (χ4n) is 2.89. The van der Waals surface area contributed by atoms with Gasteiger partial charge in [-0.1, -0.05) is 11.6 Å². The molecule has 2 heterocycles. The van der Waals surface area contributed by atoms with Crippen molar-refractivity contribution >= 4 is 28.8 Å². The Morgan fingerprint density at radius 2 is 2.08 bits per heavy atom. The number of nitriles is 1. The number of benzene rings is 1. The van der Waals surface area contributed by atoms with Crippen molar-refractivity contribution in [3.8, 4) is 6.07 Å². The van der Waals surface area contributed by atoms with E-state index in [4.69, 9.17) is 16.9 Å². The highest BCUT2D eigenvalue weighted by molar-refractivity contribution is 6.30. The van der Waals surface area contributed by atoms with Gasteiger partial charge >= 0.3 is 0 Å². The highest BCUT2D eigenvalue weighted by Crippen LogP contribution is 2.30. The zero-order valence-corrected chi connectivity index (χ0v) is 14.1. The monoisotopic (exact) mass is 357 g/mol. The van der Waals surface area contributed by atoms with Crippen molar-refractivity contribution in [2.45, 2.75) is 18.9 Å². The quantitative estimate of drug-likeness (QED) is 0.663. The van der Waals surface area contributed by atoms with Crippen molar-refractivity contribution in [2.75, 3.05) is 23.3 Å². The number of hydrogen-bond acceptors (Lipinski definition) is 6. The summed E-state index contributed by atoms with van der Waals surface area (Å²) in [5.74, 6) is 0.843. The molecule has 0 radical (unpaired) electrons. The van der Waals surface area contributed by atoms with Gasteiger partial charge in [0, 0.05) is 36.4 Å². The first-order valence-electron chi connectivity index (χ1n) is 7.88. The van der Waals surface area contributed by atoms with Gasteiger partial charge in [-0.05, 0) is 37.1 Å². The Bertz CT molecular complexity index is 811. The lowest BCUT2D eigenvalue weighted by atomic mass is 10.0. The summed E-state index contributed by atoms with van der Waals surface area (Å²) in [7, 11) is 0. The Kier molecular flexibility index (Phi) is 5.00. The highest BCUT2D eigenvalue weighted by atomic mass is 35.5. The third-order valence-electron chi connectivity index (χ3n) is 4.21. The van der Waals surface area contributed by atoms with E-state index in [1.165, 1.54) is 6.07 Å². The predicted octanol–water partition coefficient (Wildman–Crippen LogP) is 3.60. The van der Waals surface area contributed by atoms with Crippen LogP contribution in [0.15, 0.2) is 36.5 Å². The molecule has 128 valence electrons. The molecule has 1 saturated heterocycles.